The van der Waals surface area contributed by atoms with Crippen molar-refractivity contribution in [2.45, 2.75) is 264 Å². The van der Waals surface area contributed by atoms with Crippen LogP contribution in [0.4, 0.5) is 0 Å². The van der Waals surface area contributed by atoms with Crippen LogP contribution in [0.3, 0.4) is 0 Å². The SMILES string of the molecule is CC/C=C\C/C=C\C/C=C\C/C=C\C/C=C\CC(=O)OC(COC(=O)CCCCCCC/C=C\CCCC)COC(=O)CCCCCCCCCCCCCCCCCCCCCC. The lowest BCUT2D eigenvalue weighted by molar-refractivity contribution is -0.166. The third kappa shape index (κ3) is 49.9. The Morgan fingerprint density at radius 2 is 0.672 bits per heavy atom. The maximum atomic E-state index is 12.7. The second-order valence-electron chi connectivity index (χ2n) is 17.8. The number of hydrogen-bond acceptors (Lipinski definition) is 6. The Bertz CT molecular complexity index is 1210. The van der Waals surface area contributed by atoms with E-state index < -0.39 is 12.1 Å². The van der Waals surface area contributed by atoms with Crippen LogP contribution in [0.5, 0.6) is 0 Å². The second kappa shape index (κ2) is 52.5. The Morgan fingerprint density at radius 1 is 0.344 bits per heavy atom. The van der Waals surface area contributed by atoms with Crippen LogP contribution in [0.1, 0.15) is 258 Å². The smallest absolute Gasteiger partial charge is 0.310 e. The third-order valence-corrected chi connectivity index (χ3v) is 11.5. The summed E-state index contributed by atoms with van der Waals surface area (Å²) in [6.07, 6.45) is 66.4. The summed E-state index contributed by atoms with van der Waals surface area (Å²) >= 11 is 0. The van der Waals surface area contributed by atoms with Crippen LogP contribution >= 0.6 is 0 Å². The molecule has 0 aliphatic heterocycles. The molecular weight excluding hydrogens is 793 g/mol. The highest BCUT2D eigenvalue weighted by Gasteiger charge is 2.19. The lowest BCUT2D eigenvalue weighted by atomic mass is 10.0. The minimum absolute atomic E-state index is 0.0971. The molecule has 0 heterocycles. The van der Waals surface area contributed by atoms with E-state index >= 15 is 0 Å². The van der Waals surface area contributed by atoms with Crippen LogP contribution in [0.25, 0.3) is 0 Å². The second-order valence-corrected chi connectivity index (χ2v) is 17.8. The van der Waals surface area contributed by atoms with E-state index in [1.807, 2.05) is 6.08 Å². The summed E-state index contributed by atoms with van der Waals surface area (Å²) in [6.45, 7) is 6.41. The molecule has 0 aromatic heterocycles. The van der Waals surface area contributed by atoms with Crippen LogP contribution in [0, 0.1) is 0 Å². The number of carbonyl (C=O) groups excluding carboxylic acids is 3. The molecule has 0 fully saturated rings. The van der Waals surface area contributed by atoms with Gasteiger partial charge >= 0.3 is 17.9 Å². The fourth-order valence-corrected chi connectivity index (χ4v) is 7.44. The van der Waals surface area contributed by atoms with Crippen molar-refractivity contribution < 1.29 is 28.6 Å². The van der Waals surface area contributed by atoms with E-state index in [4.69, 9.17) is 14.2 Å². The minimum atomic E-state index is -0.830. The van der Waals surface area contributed by atoms with Crippen molar-refractivity contribution in [2.75, 3.05) is 13.2 Å². The summed E-state index contributed by atoms with van der Waals surface area (Å²) in [5, 5.41) is 0. The van der Waals surface area contributed by atoms with E-state index in [2.05, 4.69) is 81.5 Å². The van der Waals surface area contributed by atoms with Gasteiger partial charge in [0.05, 0.1) is 6.42 Å². The summed E-state index contributed by atoms with van der Waals surface area (Å²) < 4.78 is 16.7. The first-order chi connectivity index (χ1) is 31.5. The molecule has 1 unspecified atom stereocenters. The first kappa shape index (κ1) is 60.9. The van der Waals surface area contributed by atoms with Crippen molar-refractivity contribution in [1.82, 2.24) is 0 Å². The molecule has 0 rings (SSSR count). The van der Waals surface area contributed by atoms with Crippen molar-refractivity contribution in [3.05, 3.63) is 72.9 Å². The van der Waals surface area contributed by atoms with Crippen molar-refractivity contribution in [3.63, 3.8) is 0 Å². The van der Waals surface area contributed by atoms with Gasteiger partial charge in [-0.25, -0.2) is 0 Å². The number of esters is 3. The molecule has 64 heavy (non-hydrogen) atoms. The lowest BCUT2D eigenvalue weighted by Crippen LogP contribution is -2.30. The number of hydrogen-bond donors (Lipinski definition) is 0. The van der Waals surface area contributed by atoms with Crippen molar-refractivity contribution >= 4 is 17.9 Å². The average Bonchev–Trinajstić information content (AvgIpc) is 3.29. The highest BCUT2D eigenvalue weighted by Crippen LogP contribution is 2.16. The lowest BCUT2D eigenvalue weighted by Gasteiger charge is -2.18. The first-order valence-corrected chi connectivity index (χ1v) is 26.9. The molecule has 6 nitrogen and oxygen atoms in total. The molecule has 0 aromatic carbocycles. The number of carbonyl (C=O) groups is 3. The summed E-state index contributed by atoms with van der Waals surface area (Å²) in [5.41, 5.74) is 0. The number of rotatable bonds is 48. The fraction of sp³-hybridized carbons (Fsp3) is 0.741. The standard InChI is InChI=1S/C58H100O6/c1-4-7-10-13-16-19-22-24-26-27-28-29-30-32-33-36-39-42-45-48-51-57(60)63-54-55(53-62-56(59)50-47-44-41-38-35-21-18-15-12-9-6-3)64-58(61)52-49-46-43-40-37-34-31-25-23-20-17-14-11-8-5-2/h8,11,15,17-18,20,25,31,37,40,46,49,55H,4-7,9-10,12-14,16,19,21-24,26-30,32-36,38-39,41-45,47-48,50-54H2,1-3H3/b11-8-,18-15-,20-17-,31-25-,40-37-,49-46-. The van der Waals surface area contributed by atoms with Gasteiger partial charge in [0.2, 0.25) is 0 Å². The number of unbranched alkanes of at least 4 members (excludes halogenated alkanes) is 26. The molecule has 6 heteroatoms. The zero-order valence-corrected chi connectivity index (χ0v) is 42.0. The van der Waals surface area contributed by atoms with Crippen LogP contribution in [0.2, 0.25) is 0 Å². The van der Waals surface area contributed by atoms with E-state index in [1.54, 1.807) is 6.08 Å². The van der Waals surface area contributed by atoms with Crippen LogP contribution in [-0.2, 0) is 28.6 Å². The van der Waals surface area contributed by atoms with E-state index in [1.165, 1.54) is 135 Å². The molecule has 0 radical (unpaired) electrons. The molecule has 1 atom stereocenters. The molecule has 0 saturated heterocycles. The highest BCUT2D eigenvalue weighted by atomic mass is 16.6. The van der Waals surface area contributed by atoms with E-state index in [0.29, 0.717) is 12.8 Å². The zero-order chi connectivity index (χ0) is 46.5. The van der Waals surface area contributed by atoms with Crippen molar-refractivity contribution in [1.29, 1.82) is 0 Å². The molecule has 0 aliphatic carbocycles. The molecule has 368 valence electrons. The normalized spacial score (nSPS) is 12.6. The maximum Gasteiger partial charge on any atom is 0.310 e. The van der Waals surface area contributed by atoms with E-state index in [9.17, 15) is 14.4 Å². The van der Waals surface area contributed by atoms with E-state index in [-0.39, 0.29) is 31.6 Å². The minimum Gasteiger partial charge on any atom is -0.462 e. The summed E-state index contributed by atoms with van der Waals surface area (Å²) in [4.78, 5) is 37.9. The number of ether oxygens (including phenoxy) is 3. The van der Waals surface area contributed by atoms with Gasteiger partial charge in [-0.2, -0.15) is 0 Å². The highest BCUT2D eigenvalue weighted by molar-refractivity contribution is 5.72. The van der Waals surface area contributed by atoms with Gasteiger partial charge in [-0.15, -0.1) is 0 Å². The zero-order valence-electron chi connectivity index (χ0n) is 42.0. The Morgan fingerprint density at radius 3 is 1.06 bits per heavy atom. The summed E-state index contributed by atoms with van der Waals surface area (Å²) in [5.74, 6) is -1.05. The average molecular weight is 893 g/mol. The molecule has 0 saturated carbocycles. The summed E-state index contributed by atoms with van der Waals surface area (Å²) in [7, 11) is 0. The molecule has 0 aromatic rings. The predicted molar refractivity (Wildman–Crippen MR) is 274 cm³/mol. The van der Waals surface area contributed by atoms with E-state index in [0.717, 1.165) is 83.5 Å². The number of allylic oxidation sites excluding steroid dienone is 11. The van der Waals surface area contributed by atoms with Crippen molar-refractivity contribution in [3.8, 4) is 0 Å². The van der Waals surface area contributed by atoms with Crippen LogP contribution in [0.15, 0.2) is 72.9 Å². The monoisotopic (exact) mass is 893 g/mol. The van der Waals surface area contributed by atoms with Gasteiger partial charge in [0.15, 0.2) is 6.10 Å². The fourth-order valence-electron chi connectivity index (χ4n) is 7.44. The summed E-state index contributed by atoms with van der Waals surface area (Å²) in [6, 6.07) is 0. The quantitative estimate of drug-likeness (QED) is 0.0262. The molecule has 0 spiro atoms. The van der Waals surface area contributed by atoms with Gasteiger partial charge < -0.3 is 14.2 Å². The largest absolute Gasteiger partial charge is 0.462 e. The first-order valence-electron chi connectivity index (χ1n) is 26.9. The molecule has 0 bridgehead atoms. The molecule has 0 amide bonds. The third-order valence-electron chi connectivity index (χ3n) is 11.5. The maximum absolute atomic E-state index is 12.7. The van der Waals surface area contributed by atoms with Gasteiger partial charge in [-0.05, 0) is 64.2 Å². The van der Waals surface area contributed by atoms with Gasteiger partial charge in [-0.1, -0.05) is 248 Å². The topological polar surface area (TPSA) is 78.9 Å². The Hall–Kier alpha value is -3.15. The van der Waals surface area contributed by atoms with Gasteiger partial charge in [0.1, 0.15) is 13.2 Å². The van der Waals surface area contributed by atoms with Gasteiger partial charge in [-0.3, -0.25) is 14.4 Å². The predicted octanol–water partition coefficient (Wildman–Crippen LogP) is 17.8. The Kier molecular flexibility index (Phi) is 49.9. The van der Waals surface area contributed by atoms with Gasteiger partial charge in [0, 0.05) is 12.8 Å². The molecule has 0 aliphatic rings. The Balaban J connectivity index is 4.40. The van der Waals surface area contributed by atoms with Gasteiger partial charge in [0.25, 0.3) is 0 Å². The Labute approximate surface area is 395 Å². The van der Waals surface area contributed by atoms with Crippen LogP contribution < -0.4 is 0 Å². The van der Waals surface area contributed by atoms with Crippen molar-refractivity contribution in [2.24, 2.45) is 0 Å². The molecular formula is C58H100O6. The van der Waals surface area contributed by atoms with Crippen LogP contribution in [-0.4, -0.2) is 37.2 Å². The molecule has 0 N–H and O–H groups in total.